The average Bonchev–Trinajstić information content (AvgIpc) is 3.31. The van der Waals surface area contributed by atoms with Gasteiger partial charge in [0.25, 0.3) is 0 Å². The van der Waals surface area contributed by atoms with Crippen molar-refractivity contribution in [1.29, 1.82) is 0 Å². The third kappa shape index (κ3) is 4.18. The maximum atomic E-state index is 16.6. The SMILES string of the molecule is C=C1[C@@H](n2cnc3c(N=P)ccnc32)[C@H](F)C2O[Si](C(C)C)(C(C)C)O[Si](C(C)C)(C(C)C)OC[C@@H]12. The van der Waals surface area contributed by atoms with Gasteiger partial charge >= 0.3 is 17.1 Å². The van der Waals surface area contributed by atoms with Crippen LogP contribution in [-0.2, 0) is 13.0 Å². The summed E-state index contributed by atoms with van der Waals surface area (Å²) in [6.45, 7) is 22.1. The van der Waals surface area contributed by atoms with E-state index in [-0.39, 0.29) is 28.1 Å². The smallest absolute Gasteiger partial charge is 0.335 e. The molecule has 1 saturated carbocycles. The second-order valence-corrected chi connectivity index (χ2v) is 20.5. The molecule has 0 radical (unpaired) electrons. The summed E-state index contributed by atoms with van der Waals surface area (Å²) < 4.78 is 43.5. The van der Waals surface area contributed by atoms with E-state index in [1.54, 1.807) is 23.2 Å². The fourth-order valence-corrected chi connectivity index (χ4v) is 17.5. The molecule has 2 aromatic rings. The number of alkyl halides is 1. The van der Waals surface area contributed by atoms with Crippen LogP contribution in [0.3, 0.4) is 0 Å². The average molecular weight is 551 g/mol. The van der Waals surface area contributed by atoms with Gasteiger partial charge in [-0.05, 0) is 42.8 Å². The first-order valence-electron chi connectivity index (χ1n) is 12.9. The van der Waals surface area contributed by atoms with Crippen molar-refractivity contribution in [2.24, 2.45) is 10.7 Å². The van der Waals surface area contributed by atoms with Gasteiger partial charge in [-0.15, -0.1) is 0 Å². The zero-order chi connectivity index (χ0) is 26.6. The molecular weight excluding hydrogens is 510 g/mol. The Balaban J connectivity index is 1.83. The van der Waals surface area contributed by atoms with Crippen LogP contribution in [-0.4, -0.2) is 50.5 Å². The minimum Gasteiger partial charge on any atom is -0.414 e. The molecule has 11 heteroatoms. The highest BCUT2D eigenvalue weighted by Crippen LogP contribution is 2.52. The van der Waals surface area contributed by atoms with Gasteiger partial charge in [0.15, 0.2) is 11.8 Å². The van der Waals surface area contributed by atoms with Crippen LogP contribution >= 0.6 is 9.03 Å². The van der Waals surface area contributed by atoms with E-state index in [2.05, 4.69) is 85.7 Å². The van der Waals surface area contributed by atoms with Gasteiger partial charge in [-0.25, -0.2) is 19.1 Å². The second-order valence-electron chi connectivity index (χ2n) is 11.4. The van der Waals surface area contributed by atoms with Crippen molar-refractivity contribution in [2.45, 2.75) is 95.9 Å². The van der Waals surface area contributed by atoms with E-state index in [1.807, 2.05) is 0 Å². The number of nitrogens with zero attached hydrogens (tertiary/aromatic N) is 4. The zero-order valence-corrected chi connectivity index (χ0v) is 25.7. The fourth-order valence-electron chi connectivity index (χ4n) is 6.08. The van der Waals surface area contributed by atoms with Crippen molar-refractivity contribution in [2.75, 3.05) is 6.61 Å². The largest absolute Gasteiger partial charge is 0.414 e. The first-order chi connectivity index (χ1) is 16.9. The Morgan fingerprint density at radius 1 is 1.06 bits per heavy atom. The topological polar surface area (TPSA) is 70.8 Å². The van der Waals surface area contributed by atoms with Crippen molar-refractivity contribution in [3.63, 3.8) is 0 Å². The molecule has 4 atom stereocenters. The van der Waals surface area contributed by atoms with Gasteiger partial charge in [-0.3, -0.25) is 0 Å². The predicted octanol–water partition coefficient (Wildman–Crippen LogP) is 7.41. The number of aromatic nitrogens is 3. The Morgan fingerprint density at radius 2 is 1.67 bits per heavy atom. The molecular formula is C25H40FN4O3PSi2. The summed E-state index contributed by atoms with van der Waals surface area (Å²) in [6, 6.07) is 1.10. The summed E-state index contributed by atoms with van der Waals surface area (Å²) in [5, 5.41) is 0. The van der Waals surface area contributed by atoms with Gasteiger partial charge in [0.1, 0.15) is 5.52 Å². The molecule has 7 nitrogen and oxygen atoms in total. The van der Waals surface area contributed by atoms with E-state index >= 15 is 4.39 Å². The van der Waals surface area contributed by atoms with Crippen molar-refractivity contribution in [1.82, 2.24) is 14.5 Å². The van der Waals surface area contributed by atoms with Gasteiger partial charge in [0.05, 0.1) is 24.2 Å². The molecule has 2 fully saturated rings. The van der Waals surface area contributed by atoms with E-state index in [9.17, 15) is 0 Å². The normalized spacial score (nSPS) is 28.2. The number of fused-ring (bicyclic) bond motifs is 2. The number of rotatable bonds is 6. The van der Waals surface area contributed by atoms with E-state index in [0.717, 1.165) is 5.57 Å². The van der Waals surface area contributed by atoms with Gasteiger partial charge in [0.2, 0.25) is 0 Å². The number of halogens is 1. The van der Waals surface area contributed by atoms with Crippen molar-refractivity contribution < 1.29 is 17.4 Å². The fraction of sp³-hybridized carbons (Fsp3) is 0.680. The van der Waals surface area contributed by atoms with Crippen LogP contribution in [0.4, 0.5) is 10.1 Å². The Kier molecular flexibility index (Phi) is 7.79. The Hall–Kier alpha value is -1.30. The minimum absolute atomic E-state index is 0.127. The van der Waals surface area contributed by atoms with E-state index in [4.69, 9.17) is 13.0 Å². The van der Waals surface area contributed by atoms with E-state index < -0.39 is 35.4 Å². The molecule has 1 aliphatic heterocycles. The van der Waals surface area contributed by atoms with Crippen LogP contribution in [0.15, 0.2) is 35.5 Å². The number of hydrogen-bond donors (Lipinski definition) is 0. The molecule has 3 heterocycles. The Bertz CT molecular complexity index is 1130. The molecule has 0 N–H and O–H groups in total. The number of hydrogen-bond acceptors (Lipinski definition) is 6. The van der Waals surface area contributed by atoms with Crippen molar-refractivity contribution in [3.8, 4) is 0 Å². The molecule has 2 aromatic heterocycles. The second kappa shape index (κ2) is 10.1. The molecule has 1 unspecified atom stereocenters. The van der Waals surface area contributed by atoms with Crippen LogP contribution in [0.25, 0.3) is 11.2 Å². The highest BCUT2D eigenvalue weighted by molar-refractivity contribution is 7.04. The maximum Gasteiger partial charge on any atom is 0.335 e. The van der Waals surface area contributed by atoms with Crippen molar-refractivity contribution >= 4 is 43.0 Å². The number of imidazole rings is 1. The highest BCUT2D eigenvalue weighted by atomic mass is 31.0. The minimum atomic E-state index is -2.93. The molecule has 4 rings (SSSR count). The standard InChI is InChI=1S/C25H40FN4O3PSi2/c1-14(2)35(15(3)4)31-12-19-18(9)23(30-13-28-22-20(29-34)10-11-27-25(22)30)21(26)24(19)32-36(33-35,16(5)6)17(7)8/h10-11,13-17,19,21,23-24,34H,9,12H2,1-8H3/t19-,21-,23+,24?/m0/s1. The van der Waals surface area contributed by atoms with Crippen molar-refractivity contribution in [3.05, 3.63) is 30.7 Å². The Morgan fingerprint density at radius 3 is 2.22 bits per heavy atom. The molecule has 0 spiro atoms. The van der Waals surface area contributed by atoms with Gasteiger partial charge in [-0.2, -0.15) is 0 Å². The molecule has 1 saturated heterocycles. The summed E-state index contributed by atoms with van der Waals surface area (Å²) in [4.78, 5) is 9.00. The number of pyridine rings is 1. The molecule has 2 aliphatic rings. The summed E-state index contributed by atoms with van der Waals surface area (Å²) in [5.41, 5.74) is 3.27. The lowest BCUT2D eigenvalue weighted by molar-refractivity contribution is 0.00846. The third-order valence-corrected chi connectivity index (χ3v) is 18.6. The lowest BCUT2D eigenvalue weighted by Crippen LogP contribution is -2.65. The lowest BCUT2D eigenvalue weighted by atomic mass is 10.0. The van der Waals surface area contributed by atoms with Crippen LogP contribution in [0, 0.1) is 5.92 Å². The van der Waals surface area contributed by atoms with Gasteiger partial charge in [-0.1, -0.05) is 62.0 Å². The van der Waals surface area contributed by atoms with E-state index in [1.165, 1.54) is 0 Å². The molecule has 0 aromatic carbocycles. The highest BCUT2D eigenvalue weighted by Gasteiger charge is 2.62. The summed E-state index contributed by atoms with van der Waals surface area (Å²) in [5.74, 6) is -0.288. The molecule has 0 bridgehead atoms. The zero-order valence-electron chi connectivity index (χ0n) is 22.7. The quantitative estimate of drug-likeness (QED) is 0.213. The monoisotopic (exact) mass is 550 g/mol. The van der Waals surface area contributed by atoms with Gasteiger partial charge < -0.3 is 17.5 Å². The summed E-state index contributed by atoms with van der Waals surface area (Å²) in [6.07, 6.45) is 1.25. The molecule has 198 valence electrons. The van der Waals surface area contributed by atoms with E-state index in [0.29, 0.717) is 23.5 Å². The van der Waals surface area contributed by atoms with Crippen LogP contribution in [0.1, 0.15) is 61.4 Å². The molecule has 1 aliphatic carbocycles. The van der Waals surface area contributed by atoms with Crippen LogP contribution in [0.5, 0.6) is 0 Å². The van der Waals surface area contributed by atoms with Gasteiger partial charge in [0, 0.05) is 18.7 Å². The molecule has 0 amide bonds. The summed E-state index contributed by atoms with van der Waals surface area (Å²) in [7, 11) is -2.44. The molecule has 36 heavy (non-hydrogen) atoms. The predicted molar refractivity (Wildman–Crippen MR) is 148 cm³/mol. The lowest BCUT2D eigenvalue weighted by Gasteiger charge is -2.51. The van der Waals surface area contributed by atoms with Crippen LogP contribution in [0.2, 0.25) is 22.2 Å². The maximum absolute atomic E-state index is 16.6. The first-order valence-corrected chi connectivity index (χ1v) is 17.3. The Labute approximate surface area is 218 Å². The summed E-state index contributed by atoms with van der Waals surface area (Å²) >= 11 is 0. The van der Waals surface area contributed by atoms with Crippen LogP contribution < -0.4 is 0 Å². The first kappa shape index (κ1) is 27.7. The third-order valence-electron chi connectivity index (χ3n) is 8.07.